The summed E-state index contributed by atoms with van der Waals surface area (Å²) in [4.78, 5) is 4.46. The highest BCUT2D eigenvalue weighted by Gasteiger charge is 2.21. The van der Waals surface area contributed by atoms with Crippen molar-refractivity contribution >= 4 is 0 Å². The Balaban J connectivity index is 2.56. The summed E-state index contributed by atoms with van der Waals surface area (Å²) in [7, 11) is 0. The van der Waals surface area contributed by atoms with E-state index in [1.807, 2.05) is 18.3 Å². The first-order valence-electron chi connectivity index (χ1n) is 6.16. The quantitative estimate of drug-likeness (QED) is 0.752. The van der Waals surface area contributed by atoms with Crippen molar-refractivity contribution in [1.29, 1.82) is 0 Å². The van der Waals surface area contributed by atoms with Gasteiger partial charge in [0.05, 0.1) is 5.69 Å². The van der Waals surface area contributed by atoms with Gasteiger partial charge in [0.1, 0.15) is 0 Å². The standard InChI is InChI=1S/C16H19N/c1-4-16(2,3)14-10-6-5-9-13(14)15-11-7-8-12-17-15/h5-12H,4H2,1-3H3. The van der Waals surface area contributed by atoms with Crippen LogP contribution in [0.3, 0.4) is 0 Å². The Morgan fingerprint density at radius 3 is 2.35 bits per heavy atom. The van der Waals surface area contributed by atoms with Crippen LogP contribution in [-0.4, -0.2) is 4.98 Å². The number of hydrogen-bond donors (Lipinski definition) is 0. The van der Waals surface area contributed by atoms with E-state index < -0.39 is 0 Å². The Morgan fingerprint density at radius 2 is 1.71 bits per heavy atom. The predicted molar refractivity (Wildman–Crippen MR) is 73.0 cm³/mol. The molecule has 1 heteroatoms. The van der Waals surface area contributed by atoms with E-state index in [4.69, 9.17) is 0 Å². The smallest absolute Gasteiger partial charge is 0.0704 e. The van der Waals surface area contributed by atoms with Gasteiger partial charge in [-0.05, 0) is 29.5 Å². The average molecular weight is 225 g/mol. The average Bonchev–Trinajstić information content (AvgIpc) is 2.40. The number of hydrogen-bond acceptors (Lipinski definition) is 1. The van der Waals surface area contributed by atoms with Gasteiger partial charge >= 0.3 is 0 Å². The highest BCUT2D eigenvalue weighted by atomic mass is 14.7. The van der Waals surface area contributed by atoms with Gasteiger partial charge in [0.15, 0.2) is 0 Å². The summed E-state index contributed by atoms with van der Waals surface area (Å²) in [6.45, 7) is 6.80. The molecular weight excluding hydrogens is 206 g/mol. The molecule has 0 fully saturated rings. The highest BCUT2D eigenvalue weighted by Crippen LogP contribution is 2.34. The summed E-state index contributed by atoms with van der Waals surface area (Å²) < 4.78 is 0. The molecule has 0 unspecified atom stereocenters. The third-order valence-electron chi connectivity index (χ3n) is 3.48. The zero-order valence-corrected chi connectivity index (χ0v) is 10.8. The van der Waals surface area contributed by atoms with Crippen LogP contribution in [0.4, 0.5) is 0 Å². The largest absolute Gasteiger partial charge is 0.256 e. The van der Waals surface area contributed by atoms with Gasteiger partial charge in [-0.3, -0.25) is 4.98 Å². The molecule has 1 aromatic carbocycles. The molecule has 0 bridgehead atoms. The predicted octanol–water partition coefficient (Wildman–Crippen LogP) is 4.44. The van der Waals surface area contributed by atoms with Gasteiger partial charge in [-0.25, -0.2) is 0 Å². The van der Waals surface area contributed by atoms with E-state index in [-0.39, 0.29) is 5.41 Å². The maximum absolute atomic E-state index is 4.46. The van der Waals surface area contributed by atoms with Crippen LogP contribution in [0.15, 0.2) is 48.7 Å². The lowest BCUT2D eigenvalue weighted by Gasteiger charge is -2.26. The molecule has 0 aliphatic carbocycles. The van der Waals surface area contributed by atoms with Crippen molar-refractivity contribution in [2.24, 2.45) is 0 Å². The van der Waals surface area contributed by atoms with Crippen LogP contribution in [0.1, 0.15) is 32.8 Å². The van der Waals surface area contributed by atoms with E-state index in [2.05, 4.69) is 56.1 Å². The van der Waals surface area contributed by atoms with Crippen molar-refractivity contribution in [3.63, 3.8) is 0 Å². The first-order chi connectivity index (χ1) is 8.15. The van der Waals surface area contributed by atoms with Crippen molar-refractivity contribution in [3.05, 3.63) is 54.2 Å². The number of rotatable bonds is 3. The summed E-state index contributed by atoms with van der Waals surface area (Å²) in [5.41, 5.74) is 3.87. The summed E-state index contributed by atoms with van der Waals surface area (Å²) in [6.07, 6.45) is 2.97. The Morgan fingerprint density at radius 1 is 1.00 bits per heavy atom. The first-order valence-corrected chi connectivity index (χ1v) is 6.16. The van der Waals surface area contributed by atoms with Crippen LogP contribution in [0, 0.1) is 0 Å². The van der Waals surface area contributed by atoms with Gasteiger partial charge in [0.2, 0.25) is 0 Å². The molecule has 0 N–H and O–H groups in total. The van der Waals surface area contributed by atoms with Crippen LogP contribution in [0.5, 0.6) is 0 Å². The second kappa shape index (κ2) is 4.70. The molecule has 2 aromatic rings. The fourth-order valence-corrected chi connectivity index (χ4v) is 2.01. The van der Waals surface area contributed by atoms with Crippen LogP contribution in [0.25, 0.3) is 11.3 Å². The third kappa shape index (κ3) is 2.38. The molecule has 0 aliphatic heterocycles. The van der Waals surface area contributed by atoms with Gasteiger partial charge < -0.3 is 0 Å². The molecule has 0 amide bonds. The molecule has 0 saturated carbocycles. The molecule has 0 aliphatic rings. The summed E-state index contributed by atoms with van der Waals surface area (Å²) in [5, 5.41) is 0. The molecule has 0 radical (unpaired) electrons. The van der Waals surface area contributed by atoms with E-state index in [0.717, 1.165) is 12.1 Å². The molecule has 1 heterocycles. The van der Waals surface area contributed by atoms with Crippen molar-refractivity contribution in [2.45, 2.75) is 32.6 Å². The number of aromatic nitrogens is 1. The molecule has 0 saturated heterocycles. The fourth-order valence-electron chi connectivity index (χ4n) is 2.01. The number of pyridine rings is 1. The van der Waals surface area contributed by atoms with Gasteiger partial charge in [-0.1, -0.05) is 51.1 Å². The molecule has 17 heavy (non-hydrogen) atoms. The van der Waals surface area contributed by atoms with E-state index in [0.29, 0.717) is 0 Å². The zero-order chi connectivity index (χ0) is 12.3. The lowest BCUT2D eigenvalue weighted by molar-refractivity contribution is 0.507. The topological polar surface area (TPSA) is 12.9 Å². The minimum absolute atomic E-state index is 0.189. The van der Waals surface area contributed by atoms with Gasteiger partial charge in [-0.2, -0.15) is 0 Å². The van der Waals surface area contributed by atoms with E-state index in [1.165, 1.54) is 11.1 Å². The normalized spacial score (nSPS) is 11.5. The lowest BCUT2D eigenvalue weighted by atomic mass is 9.79. The highest BCUT2D eigenvalue weighted by molar-refractivity contribution is 5.65. The molecule has 2 rings (SSSR count). The van der Waals surface area contributed by atoms with Crippen molar-refractivity contribution in [3.8, 4) is 11.3 Å². The Kier molecular flexibility index (Phi) is 3.28. The minimum Gasteiger partial charge on any atom is -0.256 e. The molecule has 88 valence electrons. The SMILES string of the molecule is CCC(C)(C)c1ccccc1-c1ccccn1. The van der Waals surface area contributed by atoms with Crippen LogP contribution in [-0.2, 0) is 5.41 Å². The van der Waals surface area contributed by atoms with Gasteiger partial charge in [0, 0.05) is 11.8 Å². The zero-order valence-electron chi connectivity index (χ0n) is 10.8. The van der Waals surface area contributed by atoms with E-state index >= 15 is 0 Å². The van der Waals surface area contributed by atoms with Crippen LogP contribution in [0.2, 0.25) is 0 Å². The second-order valence-corrected chi connectivity index (χ2v) is 5.00. The van der Waals surface area contributed by atoms with Gasteiger partial charge in [-0.15, -0.1) is 0 Å². The van der Waals surface area contributed by atoms with Crippen LogP contribution < -0.4 is 0 Å². The first kappa shape index (κ1) is 11.8. The van der Waals surface area contributed by atoms with E-state index in [1.54, 1.807) is 0 Å². The summed E-state index contributed by atoms with van der Waals surface area (Å²) in [5.74, 6) is 0. The lowest BCUT2D eigenvalue weighted by Crippen LogP contribution is -2.16. The molecular formula is C16H19N. The second-order valence-electron chi connectivity index (χ2n) is 5.00. The third-order valence-corrected chi connectivity index (χ3v) is 3.48. The maximum atomic E-state index is 4.46. The Labute approximate surface area is 104 Å². The maximum Gasteiger partial charge on any atom is 0.0704 e. The van der Waals surface area contributed by atoms with Crippen LogP contribution >= 0.6 is 0 Å². The number of benzene rings is 1. The molecule has 1 nitrogen and oxygen atoms in total. The minimum atomic E-state index is 0.189. The molecule has 0 spiro atoms. The van der Waals surface area contributed by atoms with Crippen molar-refractivity contribution < 1.29 is 0 Å². The molecule has 0 atom stereocenters. The van der Waals surface area contributed by atoms with Gasteiger partial charge in [0.25, 0.3) is 0 Å². The number of nitrogens with zero attached hydrogens (tertiary/aromatic N) is 1. The van der Waals surface area contributed by atoms with Crippen molar-refractivity contribution in [2.75, 3.05) is 0 Å². The van der Waals surface area contributed by atoms with E-state index in [9.17, 15) is 0 Å². The fraction of sp³-hybridized carbons (Fsp3) is 0.312. The summed E-state index contributed by atoms with van der Waals surface area (Å²) in [6, 6.07) is 14.6. The Bertz CT molecular complexity index is 486. The summed E-state index contributed by atoms with van der Waals surface area (Å²) >= 11 is 0. The van der Waals surface area contributed by atoms with Crippen molar-refractivity contribution in [1.82, 2.24) is 4.98 Å². The monoisotopic (exact) mass is 225 g/mol. The molecule has 1 aromatic heterocycles. The Hall–Kier alpha value is -1.63.